The average Bonchev–Trinajstić information content (AvgIpc) is 2.78. The molecule has 1 aromatic rings. The number of halogens is 3. The Labute approximate surface area is 206 Å². The van der Waals surface area contributed by atoms with Gasteiger partial charge < -0.3 is 24.8 Å². The van der Waals surface area contributed by atoms with E-state index in [1.807, 2.05) is 13.8 Å². The summed E-state index contributed by atoms with van der Waals surface area (Å²) in [6, 6.07) is 6.81. The number of hydrogen-bond acceptors (Lipinski definition) is 4. The number of carbonyl (C=O) groups is 2. The molecule has 7 nitrogen and oxygen atoms in total. The van der Waals surface area contributed by atoms with E-state index in [2.05, 4.69) is 5.32 Å². The number of carboxylic acids is 1. The fraction of sp³-hybridized carbons (Fsp3) is 0.680. The highest BCUT2D eigenvalue weighted by Gasteiger charge is 2.25. The fourth-order valence-electron chi connectivity index (χ4n) is 3.33. The van der Waals surface area contributed by atoms with Gasteiger partial charge in [0.05, 0.1) is 6.54 Å². The minimum Gasteiger partial charge on any atom is -0.492 e. The number of carboxylic acid groups (broad SMARTS) is 1. The van der Waals surface area contributed by atoms with Crippen molar-refractivity contribution in [2.45, 2.75) is 71.6 Å². The number of hydrogen-bond donors (Lipinski definition) is 2. The highest BCUT2D eigenvalue weighted by Crippen LogP contribution is 2.23. The normalized spacial score (nSPS) is 12.4. The minimum absolute atomic E-state index is 0.0972. The largest absolute Gasteiger partial charge is 0.492 e. The van der Waals surface area contributed by atoms with Gasteiger partial charge in [0.25, 0.3) is 0 Å². The van der Waals surface area contributed by atoms with Gasteiger partial charge in [0.1, 0.15) is 12.4 Å². The number of ether oxygens (including phenoxy) is 2. The van der Waals surface area contributed by atoms with Crippen LogP contribution in [-0.2, 0) is 16.0 Å². The summed E-state index contributed by atoms with van der Waals surface area (Å²) in [5.41, 5.74) is 0.804. The molecule has 1 atom stereocenters. The van der Waals surface area contributed by atoms with Gasteiger partial charge >= 0.3 is 18.2 Å². The van der Waals surface area contributed by atoms with Crippen LogP contribution in [0.4, 0.5) is 18.0 Å². The topological polar surface area (TPSA) is 88.1 Å². The molecule has 0 aliphatic carbocycles. The second-order valence-corrected chi connectivity index (χ2v) is 8.83. The van der Waals surface area contributed by atoms with Gasteiger partial charge in [0.15, 0.2) is 6.10 Å². The maximum absolute atomic E-state index is 12.5. The van der Waals surface area contributed by atoms with Crippen LogP contribution in [-0.4, -0.2) is 67.1 Å². The van der Waals surface area contributed by atoms with Gasteiger partial charge in [-0.2, -0.15) is 13.2 Å². The average molecular weight is 505 g/mol. The summed E-state index contributed by atoms with van der Waals surface area (Å²) in [4.78, 5) is 25.4. The molecule has 1 rings (SSSR count). The van der Waals surface area contributed by atoms with Crippen molar-refractivity contribution < 1.29 is 37.3 Å². The number of urea groups is 1. The third-order valence-corrected chi connectivity index (χ3v) is 5.20. The molecule has 10 heteroatoms. The van der Waals surface area contributed by atoms with Crippen molar-refractivity contribution in [3.05, 3.63) is 29.8 Å². The first kappa shape index (κ1) is 30.5. The summed E-state index contributed by atoms with van der Waals surface area (Å²) in [5.74, 6) is -0.128. The zero-order chi connectivity index (χ0) is 26.3. The van der Waals surface area contributed by atoms with Gasteiger partial charge in [-0.1, -0.05) is 38.8 Å². The van der Waals surface area contributed by atoms with E-state index in [0.29, 0.717) is 57.2 Å². The maximum Gasteiger partial charge on any atom is 0.389 e. The molecule has 0 saturated heterocycles. The first-order valence-corrected chi connectivity index (χ1v) is 12.2. The Hall–Kier alpha value is -2.49. The lowest BCUT2D eigenvalue weighted by Gasteiger charge is -2.24. The highest BCUT2D eigenvalue weighted by atomic mass is 19.4. The number of amides is 2. The van der Waals surface area contributed by atoms with Gasteiger partial charge in [0.2, 0.25) is 0 Å². The van der Waals surface area contributed by atoms with E-state index in [1.165, 1.54) is 0 Å². The van der Waals surface area contributed by atoms with E-state index in [4.69, 9.17) is 9.47 Å². The number of benzene rings is 1. The molecule has 0 aliphatic rings. The molecule has 0 fully saturated rings. The predicted molar refractivity (Wildman–Crippen MR) is 128 cm³/mol. The molecule has 0 aromatic heterocycles. The molecule has 1 unspecified atom stereocenters. The number of carbonyl (C=O) groups excluding carboxylic acids is 1. The number of rotatable bonds is 17. The molecule has 200 valence electrons. The lowest BCUT2D eigenvalue weighted by Crippen LogP contribution is -2.43. The number of nitrogens with one attached hydrogen (secondary N) is 1. The van der Waals surface area contributed by atoms with Crippen LogP contribution in [0.5, 0.6) is 5.75 Å². The van der Waals surface area contributed by atoms with Crippen molar-refractivity contribution in [1.29, 1.82) is 0 Å². The maximum atomic E-state index is 12.5. The summed E-state index contributed by atoms with van der Waals surface area (Å²) in [6.07, 6.45) is -3.76. The van der Waals surface area contributed by atoms with E-state index in [0.717, 1.165) is 5.56 Å². The van der Waals surface area contributed by atoms with Crippen LogP contribution in [0.2, 0.25) is 0 Å². The third kappa shape index (κ3) is 14.5. The lowest BCUT2D eigenvalue weighted by atomic mass is 10.1. The van der Waals surface area contributed by atoms with Gasteiger partial charge in [-0.3, -0.25) is 0 Å². The zero-order valence-electron chi connectivity index (χ0n) is 20.9. The van der Waals surface area contributed by atoms with Gasteiger partial charge in [-0.05, 0) is 43.4 Å². The molecule has 0 radical (unpaired) electrons. The van der Waals surface area contributed by atoms with Crippen LogP contribution in [0, 0.1) is 5.92 Å². The van der Waals surface area contributed by atoms with E-state index < -0.39 is 24.7 Å². The van der Waals surface area contributed by atoms with E-state index in [9.17, 15) is 27.9 Å². The third-order valence-electron chi connectivity index (χ3n) is 5.20. The quantitative estimate of drug-likeness (QED) is 0.282. The molecular weight excluding hydrogens is 465 g/mol. The van der Waals surface area contributed by atoms with E-state index in [-0.39, 0.29) is 25.5 Å². The lowest BCUT2D eigenvalue weighted by molar-refractivity contribution is -0.150. The summed E-state index contributed by atoms with van der Waals surface area (Å²) >= 11 is 0. The predicted octanol–water partition coefficient (Wildman–Crippen LogP) is 5.28. The molecule has 0 spiro atoms. The number of nitrogens with zero attached hydrogens (tertiary/aromatic N) is 1. The van der Waals surface area contributed by atoms with Crippen molar-refractivity contribution in [3.8, 4) is 5.75 Å². The van der Waals surface area contributed by atoms with Gasteiger partial charge in [-0.15, -0.1) is 0 Å². The summed E-state index contributed by atoms with van der Waals surface area (Å²) < 4.78 is 47.8. The van der Waals surface area contributed by atoms with Crippen molar-refractivity contribution in [1.82, 2.24) is 10.2 Å². The Morgan fingerprint density at radius 2 is 1.71 bits per heavy atom. The monoisotopic (exact) mass is 504 g/mol. The molecular formula is C25H39F3N2O5. The summed E-state index contributed by atoms with van der Waals surface area (Å²) in [6.45, 7) is 7.59. The second kappa shape index (κ2) is 16.2. The van der Waals surface area contributed by atoms with E-state index in [1.54, 1.807) is 36.1 Å². The number of alkyl halides is 3. The van der Waals surface area contributed by atoms with Crippen LogP contribution < -0.4 is 10.1 Å². The number of aliphatic carboxylic acids is 1. The SMILES string of the molecule is CCOC(Cc1ccc(OCCN(CCCCCCC(F)(F)F)C(=O)NCC(C)C)cc1)C(=O)O. The molecule has 0 bridgehead atoms. The first-order chi connectivity index (χ1) is 16.5. The molecule has 2 N–H and O–H groups in total. The highest BCUT2D eigenvalue weighted by molar-refractivity contribution is 5.74. The van der Waals surface area contributed by atoms with Crippen molar-refractivity contribution >= 4 is 12.0 Å². The van der Waals surface area contributed by atoms with Crippen LogP contribution >= 0.6 is 0 Å². The van der Waals surface area contributed by atoms with Gasteiger partial charge in [0, 0.05) is 32.5 Å². The van der Waals surface area contributed by atoms with Crippen LogP contribution in [0.1, 0.15) is 58.4 Å². The fourth-order valence-corrected chi connectivity index (χ4v) is 3.33. The molecule has 0 aliphatic heterocycles. The first-order valence-electron chi connectivity index (χ1n) is 12.2. The smallest absolute Gasteiger partial charge is 0.389 e. The molecule has 35 heavy (non-hydrogen) atoms. The van der Waals surface area contributed by atoms with Crippen LogP contribution in [0.25, 0.3) is 0 Å². The Bertz CT molecular complexity index is 742. The summed E-state index contributed by atoms with van der Waals surface area (Å²) in [7, 11) is 0. The van der Waals surface area contributed by atoms with Gasteiger partial charge in [-0.25, -0.2) is 9.59 Å². The molecule has 1 aromatic carbocycles. The Morgan fingerprint density at radius 1 is 1.06 bits per heavy atom. The van der Waals surface area contributed by atoms with Crippen LogP contribution in [0.15, 0.2) is 24.3 Å². The van der Waals surface area contributed by atoms with Crippen molar-refractivity contribution in [3.63, 3.8) is 0 Å². The van der Waals surface area contributed by atoms with E-state index >= 15 is 0 Å². The van der Waals surface area contributed by atoms with Crippen molar-refractivity contribution in [2.24, 2.45) is 5.92 Å². The van der Waals surface area contributed by atoms with Crippen LogP contribution in [0.3, 0.4) is 0 Å². The molecule has 2 amide bonds. The summed E-state index contributed by atoms with van der Waals surface area (Å²) in [5, 5.41) is 12.1. The second-order valence-electron chi connectivity index (χ2n) is 8.83. The zero-order valence-corrected chi connectivity index (χ0v) is 20.9. The van der Waals surface area contributed by atoms with Crippen molar-refractivity contribution in [2.75, 3.05) is 32.8 Å². The standard InChI is InChI=1S/C25H39F3N2O5/c1-4-34-22(23(31)32)17-20-9-11-21(12-10-20)35-16-15-30(24(33)29-18-19(2)3)14-8-6-5-7-13-25(26,27)28/h9-12,19,22H,4-8,13-18H2,1-3H3,(H,29,33)(H,31,32). The Kier molecular flexibility index (Phi) is 14.2. The molecule has 0 saturated carbocycles. The Morgan fingerprint density at radius 3 is 2.29 bits per heavy atom. The Balaban J connectivity index is 2.53. The number of unbranched alkanes of at least 4 members (excludes halogenated alkanes) is 3. The minimum atomic E-state index is -4.13. The molecule has 0 heterocycles.